The van der Waals surface area contributed by atoms with E-state index in [1.807, 2.05) is 0 Å². The first kappa shape index (κ1) is 9.61. The topological polar surface area (TPSA) is 74.2 Å². The average Bonchev–Trinajstić information content (AvgIpc) is 2.49. The first-order valence-corrected chi connectivity index (χ1v) is 4.88. The van der Waals surface area contributed by atoms with E-state index >= 15 is 0 Å². The highest BCUT2D eigenvalue weighted by Gasteiger charge is 2.28. The minimum Gasteiger partial charge on any atom is -0.423 e. The van der Waals surface area contributed by atoms with Gasteiger partial charge >= 0.3 is 0 Å². The Morgan fingerprint density at radius 2 is 2.29 bits per heavy atom. The van der Waals surface area contributed by atoms with Gasteiger partial charge in [-0.25, -0.2) is 0 Å². The van der Waals surface area contributed by atoms with Crippen molar-refractivity contribution in [2.24, 2.45) is 11.7 Å². The minimum atomic E-state index is 0.329. The van der Waals surface area contributed by atoms with Crippen molar-refractivity contribution in [1.29, 1.82) is 0 Å². The molecule has 5 heteroatoms. The predicted octanol–water partition coefficient (Wildman–Crippen LogP) is 0.632. The molecule has 0 unspecified atom stereocenters. The van der Waals surface area contributed by atoms with E-state index < -0.39 is 0 Å². The van der Waals surface area contributed by atoms with Crippen molar-refractivity contribution in [3.8, 4) is 0 Å². The quantitative estimate of drug-likeness (QED) is 0.766. The van der Waals surface area contributed by atoms with Gasteiger partial charge in [-0.15, -0.1) is 10.2 Å². The fourth-order valence-electron chi connectivity index (χ4n) is 1.59. The summed E-state index contributed by atoms with van der Waals surface area (Å²) in [6, 6.07) is 0. The van der Waals surface area contributed by atoms with Gasteiger partial charge in [-0.3, -0.25) is 0 Å². The molecular weight excluding hydrogens is 182 g/mol. The van der Waals surface area contributed by atoms with Gasteiger partial charge in [0.2, 0.25) is 11.8 Å². The van der Waals surface area contributed by atoms with Crippen molar-refractivity contribution >= 4 is 0 Å². The lowest BCUT2D eigenvalue weighted by Crippen LogP contribution is -2.35. The molecule has 1 saturated carbocycles. The van der Waals surface area contributed by atoms with Crippen molar-refractivity contribution in [2.45, 2.75) is 32.5 Å². The van der Waals surface area contributed by atoms with Crippen molar-refractivity contribution < 1.29 is 9.15 Å². The molecule has 0 aromatic carbocycles. The van der Waals surface area contributed by atoms with Crippen LogP contribution in [0.4, 0.5) is 0 Å². The van der Waals surface area contributed by atoms with Crippen molar-refractivity contribution in [2.75, 3.05) is 6.54 Å². The Kier molecular flexibility index (Phi) is 2.79. The summed E-state index contributed by atoms with van der Waals surface area (Å²) >= 11 is 0. The molecule has 14 heavy (non-hydrogen) atoms. The summed E-state index contributed by atoms with van der Waals surface area (Å²) in [5.74, 6) is 1.78. The lowest BCUT2D eigenvalue weighted by Gasteiger charge is -2.33. The molecule has 78 valence electrons. The summed E-state index contributed by atoms with van der Waals surface area (Å²) in [6.07, 6.45) is 2.45. The van der Waals surface area contributed by atoms with Crippen LogP contribution in [-0.4, -0.2) is 22.8 Å². The summed E-state index contributed by atoms with van der Waals surface area (Å²) in [7, 11) is 0. The van der Waals surface area contributed by atoms with Gasteiger partial charge < -0.3 is 14.9 Å². The maximum Gasteiger partial charge on any atom is 0.242 e. The highest BCUT2D eigenvalue weighted by atomic mass is 16.5. The first-order valence-electron chi connectivity index (χ1n) is 4.88. The molecular formula is C9H15N3O2. The molecule has 1 heterocycles. The normalized spacial score (nSPS) is 26.1. The third-order valence-electron chi connectivity index (χ3n) is 2.54. The number of hydrogen-bond donors (Lipinski definition) is 1. The largest absolute Gasteiger partial charge is 0.423 e. The SMILES string of the molecule is Cc1nnc(COC2CC(CN)C2)o1. The summed E-state index contributed by atoms with van der Waals surface area (Å²) in [6.45, 7) is 2.95. The van der Waals surface area contributed by atoms with E-state index in [1.54, 1.807) is 6.92 Å². The van der Waals surface area contributed by atoms with Crippen LogP contribution >= 0.6 is 0 Å². The van der Waals surface area contributed by atoms with Crippen LogP contribution in [0.3, 0.4) is 0 Å². The van der Waals surface area contributed by atoms with Crippen LogP contribution < -0.4 is 5.73 Å². The number of nitrogens with zero attached hydrogens (tertiary/aromatic N) is 2. The number of hydrogen-bond acceptors (Lipinski definition) is 5. The molecule has 1 aromatic rings. The molecule has 0 spiro atoms. The van der Waals surface area contributed by atoms with Crippen LogP contribution in [0, 0.1) is 12.8 Å². The summed E-state index contributed by atoms with van der Waals surface area (Å²) in [5, 5.41) is 7.57. The standard InChI is InChI=1S/C9H15N3O2/c1-6-11-12-9(14-6)5-13-8-2-7(3-8)4-10/h7-8H,2-5,10H2,1H3. The van der Waals surface area contributed by atoms with Gasteiger partial charge in [-0.05, 0) is 25.3 Å². The summed E-state index contributed by atoms with van der Waals surface area (Å²) < 4.78 is 10.7. The molecule has 2 N–H and O–H groups in total. The maximum absolute atomic E-state index is 5.56. The average molecular weight is 197 g/mol. The molecule has 0 aliphatic heterocycles. The van der Waals surface area contributed by atoms with Gasteiger partial charge in [0.05, 0.1) is 6.10 Å². The monoisotopic (exact) mass is 197 g/mol. The second-order valence-electron chi connectivity index (χ2n) is 3.72. The molecule has 1 aliphatic rings. The van der Waals surface area contributed by atoms with Crippen LogP contribution in [0.2, 0.25) is 0 Å². The smallest absolute Gasteiger partial charge is 0.242 e. The Balaban J connectivity index is 1.69. The van der Waals surface area contributed by atoms with Gasteiger partial charge in [0.1, 0.15) is 6.61 Å². The molecule has 0 amide bonds. The van der Waals surface area contributed by atoms with Crippen molar-refractivity contribution in [1.82, 2.24) is 10.2 Å². The Morgan fingerprint density at radius 3 is 2.86 bits per heavy atom. The second-order valence-corrected chi connectivity index (χ2v) is 3.72. The number of aromatic nitrogens is 2. The number of rotatable bonds is 4. The maximum atomic E-state index is 5.56. The van der Waals surface area contributed by atoms with Crippen molar-refractivity contribution in [3.63, 3.8) is 0 Å². The Hall–Kier alpha value is -0.940. The molecule has 2 rings (SSSR count). The molecule has 0 radical (unpaired) electrons. The number of nitrogens with two attached hydrogens (primary N) is 1. The Labute approximate surface area is 82.6 Å². The van der Waals surface area contributed by atoms with E-state index in [9.17, 15) is 0 Å². The van der Waals surface area contributed by atoms with Gasteiger partial charge in [0.25, 0.3) is 0 Å². The zero-order valence-electron chi connectivity index (χ0n) is 8.27. The summed E-state index contributed by atoms with van der Waals surface area (Å²) in [5.41, 5.74) is 5.51. The highest BCUT2D eigenvalue weighted by molar-refractivity contribution is 4.82. The molecule has 5 nitrogen and oxygen atoms in total. The lowest BCUT2D eigenvalue weighted by atomic mass is 9.82. The van der Waals surface area contributed by atoms with E-state index in [1.165, 1.54) is 0 Å². The summed E-state index contributed by atoms with van der Waals surface area (Å²) in [4.78, 5) is 0. The van der Waals surface area contributed by atoms with Crippen LogP contribution in [0.25, 0.3) is 0 Å². The van der Waals surface area contributed by atoms with E-state index in [2.05, 4.69) is 10.2 Å². The third-order valence-corrected chi connectivity index (χ3v) is 2.54. The fourth-order valence-corrected chi connectivity index (χ4v) is 1.59. The zero-order chi connectivity index (χ0) is 9.97. The fraction of sp³-hybridized carbons (Fsp3) is 0.778. The van der Waals surface area contributed by atoms with E-state index in [4.69, 9.17) is 14.9 Å². The number of ether oxygens (including phenoxy) is 1. The minimum absolute atomic E-state index is 0.329. The number of aryl methyl sites for hydroxylation is 1. The first-order chi connectivity index (χ1) is 6.78. The lowest BCUT2D eigenvalue weighted by molar-refractivity contribution is -0.0449. The molecule has 1 fully saturated rings. The van der Waals surface area contributed by atoms with E-state index in [0.717, 1.165) is 19.4 Å². The van der Waals surface area contributed by atoms with Crippen LogP contribution in [0.1, 0.15) is 24.6 Å². The highest BCUT2D eigenvalue weighted by Crippen LogP contribution is 2.29. The van der Waals surface area contributed by atoms with E-state index in [0.29, 0.717) is 30.4 Å². The van der Waals surface area contributed by atoms with Crippen LogP contribution in [-0.2, 0) is 11.3 Å². The van der Waals surface area contributed by atoms with Crippen LogP contribution in [0.5, 0.6) is 0 Å². The second kappa shape index (κ2) is 4.06. The zero-order valence-corrected chi connectivity index (χ0v) is 8.27. The van der Waals surface area contributed by atoms with Crippen molar-refractivity contribution in [3.05, 3.63) is 11.8 Å². The Bertz CT molecular complexity index is 294. The van der Waals surface area contributed by atoms with Gasteiger partial charge in [-0.2, -0.15) is 0 Å². The Morgan fingerprint density at radius 1 is 1.50 bits per heavy atom. The molecule has 0 bridgehead atoms. The van der Waals surface area contributed by atoms with Gasteiger partial charge in [-0.1, -0.05) is 0 Å². The third kappa shape index (κ3) is 2.10. The van der Waals surface area contributed by atoms with Crippen LogP contribution in [0.15, 0.2) is 4.42 Å². The molecule has 0 saturated heterocycles. The van der Waals surface area contributed by atoms with Gasteiger partial charge in [0, 0.05) is 6.92 Å². The van der Waals surface area contributed by atoms with Gasteiger partial charge in [0.15, 0.2) is 0 Å². The molecule has 0 atom stereocenters. The molecule has 1 aliphatic carbocycles. The predicted molar refractivity (Wildman–Crippen MR) is 49.4 cm³/mol. The molecule has 1 aromatic heterocycles. The van der Waals surface area contributed by atoms with E-state index in [-0.39, 0.29) is 0 Å².